The Balaban J connectivity index is 0.000000366. The third-order valence-electron chi connectivity index (χ3n) is 2.15. The maximum Gasteiger partial charge on any atom is 0.328 e. The highest BCUT2D eigenvalue weighted by atomic mass is 32.2. The molecule has 10 heteroatoms. The number of thioether (sulfide) groups is 1. The molecule has 1 aliphatic heterocycles. The smallest absolute Gasteiger partial charge is 0.328 e. The molecule has 1 aromatic rings. The maximum absolute atomic E-state index is 9.55. The Hall–Kier alpha value is -3.40. The van der Waals surface area contributed by atoms with E-state index in [9.17, 15) is 19.2 Å². The van der Waals surface area contributed by atoms with Crippen molar-refractivity contribution in [3.63, 3.8) is 0 Å². The molecule has 1 aliphatic rings. The third kappa shape index (κ3) is 13.1. The van der Waals surface area contributed by atoms with Gasteiger partial charge >= 0.3 is 23.9 Å². The summed E-state index contributed by atoms with van der Waals surface area (Å²) in [7, 11) is 0. The van der Waals surface area contributed by atoms with Gasteiger partial charge in [-0.3, -0.25) is 4.99 Å². The van der Waals surface area contributed by atoms with Gasteiger partial charge < -0.3 is 20.4 Å². The van der Waals surface area contributed by atoms with Crippen LogP contribution in [-0.2, 0) is 19.2 Å². The number of aliphatic carboxylic acids is 4. The summed E-state index contributed by atoms with van der Waals surface area (Å²) >= 11 is 1.84. The average Bonchev–Trinajstić information content (AvgIpc) is 2.59. The molecule has 9 nitrogen and oxygen atoms in total. The lowest BCUT2D eigenvalue weighted by Crippen LogP contribution is -1.91. The molecule has 138 valence electrons. The van der Waals surface area contributed by atoms with Crippen LogP contribution in [0.15, 0.2) is 58.5 Å². The fourth-order valence-electron chi connectivity index (χ4n) is 1.23. The van der Waals surface area contributed by atoms with Gasteiger partial charge in [-0.15, -0.1) is 11.8 Å². The van der Waals surface area contributed by atoms with Crippen LogP contribution in [0.25, 0.3) is 0 Å². The molecule has 0 aromatic heterocycles. The van der Waals surface area contributed by atoms with Gasteiger partial charge in [-0.1, -0.05) is 12.1 Å². The number of fused-ring (bicyclic) bond motifs is 1. The second-order valence-electron chi connectivity index (χ2n) is 4.11. The first-order valence-electron chi connectivity index (χ1n) is 6.74. The molecule has 0 aliphatic carbocycles. The Morgan fingerprint density at radius 2 is 1.23 bits per heavy atom. The van der Waals surface area contributed by atoms with E-state index in [1.54, 1.807) is 0 Å². The number of hydrogen-bond acceptors (Lipinski definition) is 6. The zero-order valence-electron chi connectivity index (χ0n) is 13.2. The predicted octanol–water partition coefficient (Wildman–Crippen LogP) is 1.92. The van der Waals surface area contributed by atoms with Crippen LogP contribution in [0.1, 0.15) is 0 Å². The van der Waals surface area contributed by atoms with E-state index in [1.807, 2.05) is 36.2 Å². The number of aliphatic imine (C=N–C) groups is 1. The van der Waals surface area contributed by atoms with E-state index in [0.29, 0.717) is 24.3 Å². The summed E-state index contributed by atoms with van der Waals surface area (Å²) in [5.74, 6) is -4.02. The van der Waals surface area contributed by atoms with E-state index in [-0.39, 0.29) is 0 Å². The van der Waals surface area contributed by atoms with Crippen molar-refractivity contribution in [2.24, 2.45) is 4.99 Å². The minimum Gasteiger partial charge on any atom is -0.478 e. The van der Waals surface area contributed by atoms with Gasteiger partial charge in [0.05, 0.1) is 5.69 Å². The van der Waals surface area contributed by atoms with Gasteiger partial charge in [0.25, 0.3) is 0 Å². The van der Waals surface area contributed by atoms with E-state index in [2.05, 4.69) is 11.1 Å². The molecule has 0 unspecified atom stereocenters. The number of carboxylic acid groups (broad SMARTS) is 4. The number of hydrogen-bond donors (Lipinski definition) is 4. The van der Waals surface area contributed by atoms with E-state index < -0.39 is 23.9 Å². The highest BCUT2D eigenvalue weighted by Crippen LogP contribution is 2.31. The topological polar surface area (TPSA) is 162 Å². The summed E-state index contributed by atoms with van der Waals surface area (Å²) < 4.78 is 0. The number of nitrogens with zero attached hydrogens (tertiary/aromatic N) is 1. The number of para-hydroxylation sites is 1. The summed E-state index contributed by atoms with van der Waals surface area (Å²) in [5.41, 5.74) is 1.11. The normalized spacial score (nSPS) is 11.5. The lowest BCUT2D eigenvalue weighted by Gasteiger charge is -2.06. The van der Waals surface area contributed by atoms with Crippen molar-refractivity contribution in [3.05, 3.63) is 48.6 Å². The summed E-state index contributed by atoms with van der Waals surface area (Å²) in [6.07, 6.45) is 4.18. The third-order valence-corrected chi connectivity index (χ3v) is 3.12. The van der Waals surface area contributed by atoms with Crippen molar-refractivity contribution >= 4 is 47.5 Å². The Morgan fingerprint density at radius 3 is 1.62 bits per heavy atom. The first-order valence-corrected chi connectivity index (χ1v) is 7.73. The summed E-state index contributed by atoms with van der Waals surface area (Å²) in [5, 5.41) is 31.2. The second kappa shape index (κ2) is 13.0. The molecule has 0 amide bonds. The van der Waals surface area contributed by atoms with E-state index in [1.165, 1.54) is 4.90 Å². The van der Waals surface area contributed by atoms with Crippen molar-refractivity contribution in [1.29, 1.82) is 0 Å². The molecule has 2 rings (SSSR count). The molecule has 0 saturated heterocycles. The van der Waals surface area contributed by atoms with Gasteiger partial charge in [0.15, 0.2) is 0 Å². The summed E-state index contributed by atoms with van der Waals surface area (Å²) in [6, 6.07) is 8.21. The molecule has 0 atom stereocenters. The molecule has 0 fully saturated rings. The fraction of sp³-hybridized carbons (Fsp3) is 0.0625. The zero-order chi connectivity index (χ0) is 19.9. The van der Waals surface area contributed by atoms with E-state index in [0.717, 1.165) is 11.4 Å². The molecule has 4 N–H and O–H groups in total. The largest absolute Gasteiger partial charge is 0.478 e. The lowest BCUT2D eigenvalue weighted by atomic mass is 10.3. The SMILES string of the molecule is C1=Nc2ccccc2SC1.O=C(O)/C=C\C(=O)O.O=C(O)/C=C\C(=O)O. The molecule has 0 saturated carbocycles. The first kappa shape index (κ1) is 22.6. The number of carboxylic acids is 4. The lowest BCUT2D eigenvalue weighted by molar-refractivity contribution is -0.134. The molecule has 26 heavy (non-hydrogen) atoms. The number of carbonyl (C=O) groups is 4. The molecule has 0 bridgehead atoms. The number of rotatable bonds is 4. The number of benzene rings is 1. The highest BCUT2D eigenvalue weighted by molar-refractivity contribution is 8.00. The van der Waals surface area contributed by atoms with Crippen LogP contribution < -0.4 is 0 Å². The zero-order valence-corrected chi connectivity index (χ0v) is 14.0. The van der Waals surface area contributed by atoms with Gasteiger partial charge in [0.1, 0.15) is 0 Å². The van der Waals surface area contributed by atoms with Gasteiger partial charge in [-0.2, -0.15) is 0 Å². The summed E-state index contributed by atoms with van der Waals surface area (Å²) in [6.45, 7) is 0. The summed E-state index contributed by atoms with van der Waals surface area (Å²) in [4.78, 5) is 43.8. The van der Waals surface area contributed by atoms with E-state index in [4.69, 9.17) is 20.4 Å². The minimum atomic E-state index is -1.26. The molecule has 1 heterocycles. The molecule has 1 aromatic carbocycles. The van der Waals surface area contributed by atoms with Crippen LogP contribution in [-0.4, -0.2) is 56.3 Å². The van der Waals surface area contributed by atoms with E-state index >= 15 is 0 Å². The first-order chi connectivity index (χ1) is 12.2. The van der Waals surface area contributed by atoms with Crippen molar-refractivity contribution < 1.29 is 39.6 Å². The quantitative estimate of drug-likeness (QED) is 0.571. The minimum absolute atomic E-state index is 0.558. The van der Waals surface area contributed by atoms with Crippen LogP contribution in [0.2, 0.25) is 0 Å². The highest BCUT2D eigenvalue weighted by Gasteiger charge is 2.02. The van der Waals surface area contributed by atoms with Gasteiger partial charge in [0.2, 0.25) is 0 Å². The maximum atomic E-state index is 9.55. The molecule has 0 radical (unpaired) electrons. The Labute approximate surface area is 152 Å². The molecular formula is C16H15NO8S. The van der Waals surface area contributed by atoms with Crippen molar-refractivity contribution in [3.8, 4) is 0 Å². The van der Waals surface area contributed by atoms with Crippen LogP contribution in [0.3, 0.4) is 0 Å². The Morgan fingerprint density at radius 1 is 0.808 bits per heavy atom. The standard InChI is InChI=1S/C8H7NS.2C4H4O4/c1-2-4-8-7(3-1)9-5-6-10-8;2*5-3(6)1-2-4(7)8/h1-5H,6H2;2*1-2H,(H,5,6)(H,7,8)/b;2*2-1-. The molecule has 0 spiro atoms. The predicted molar refractivity (Wildman–Crippen MR) is 94.1 cm³/mol. The van der Waals surface area contributed by atoms with Crippen molar-refractivity contribution in [1.82, 2.24) is 0 Å². The van der Waals surface area contributed by atoms with Crippen molar-refractivity contribution in [2.75, 3.05) is 5.75 Å². The van der Waals surface area contributed by atoms with Crippen LogP contribution in [0.5, 0.6) is 0 Å². The second-order valence-corrected chi connectivity index (χ2v) is 5.17. The Kier molecular flexibility index (Phi) is 11.3. The van der Waals surface area contributed by atoms with Crippen LogP contribution >= 0.6 is 11.8 Å². The van der Waals surface area contributed by atoms with Gasteiger partial charge in [-0.25, -0.2) is 19.2 Å². The fourth-order valence-corrected chi connectivity index (χ4v) is 2.01. The monoisotopic (exact) mass is 381 g/mol. The van der Waals surface area contributed by atoms with Crippen LogP contribution in [0.4, 0.5) is 5.69 Å². The van der Waals surface area contributed by atoms with Gasteiger partial charge in [-0.05, 0) is 12.1 Å². The average molecular weight is 381 g/mol. The molecular weight excluding hydrogens is 366 g/mol. The van der Waals surface area contributed by atoms with Gasteiger partial charge in [0, 0.05) is 41.2 Å². The van der Waals surface area contributed by atoms with Crippen LogP contribution in [0, 0.1) is 0 Å². The Bertz CT molecular complexity index is 674. The van der Waals surface area contributed by atoms with Crippen molar-refractivity contribution in [2.45, 2.75) is 4.90 Å².